The van der Waals surface area contributed by atoms with Gasteiger partial charge in [0.25, 0.3) is 6.08 Å². The highest BCUT2D eigenvalue weighted by molar-refractivity contribution is 8.01. The molecule has 2 rings (SSSR count). The van der Waals surface area contributed by atoms with E-state index in [9.17, 15) is 17.2 Å². The maximum atomic E-state index is 11.9. The van der Waals surface area contributed by atoms with Crippen LogP contribution in [-0.2, 0) is 10.0 Å². The Morgan fingerprint density at radius 2 is 1.95 bits per heavy atom. The maximum absolute atomic E-state index is 11.9. The SMILES string of the molecule is NS(=O)(=O)c1ccc(-c2nnc(SCCC=C(F)F)s2)cc1. The largest absolute Gasteiger partial charge is 0.266 e. The third-order valence-electron chi connectivity index (χ3n) is 2.48. The molecule has 1 heterocycles. The van der Waals surface area contributed by atoms with Gasteiger partial charge in [0.15, 0.2) is 4.34 Å². The topological polar surface area (TPSA) is 85.9 Å². The van der Waals surface area contributed by atoms with Crippen LogP contribution in [0.5, 0.6) is 0 Å². The summed E-state index contributed by atoms with van der Waals surface area (Å²) in [5, 5.41) is 13.6. The molecule has 118 valence electrons. The number of hydrogen-bond acceptors (Lipinski definition) is 6. The highest BCUT2D eigenvalue weighted by Crippen LogP contribution is 2.30. The zero-order chi connectivity index (χ0) is 16.2. The lowest BCUT2D eigenvalue weighted by Gasteiger charge is -1.99. The van der Waals surface area contributed by atoms with Crippen molar-refractivity contribution in [1.82, 2.24) is 10.2 Å². The molecule has 0 radical (unpaired) electrons. The lowest BCUT2D eigenvalue weighted by molar-refractivity contribution is 0.418. The van der Waals surface area contributed by atoms with Crippen molar-refractivity contribution in [2.75, 3.05) is 5.75 Å². The van der Waals surface area contributed by atoms with Gasteiger partial charge in [0.1, 0.15) is 5.01 Å². The molecule has 0 aliphatic heterocycles. The summed E-state index contributed by atoms with van der Waals surface area (Å²) in [6, 6.07) is 5.98. The first-order valence-corrected chi connectivity index (χ1v) is 9.32. The summed E-state index contributed by atoms with van der Waals surface area (Å²) in [5.74, 6) is 0.482. The van der Waals surface area contributed by atoms with E-state index in [1.165, 1.54) is 35.2 Å². The molecule has 5 nitrogen and oxygen atoms in total. The van der Waals surface area contributed by atoms with Gasteiger partial charge in [0.05, 0.1) is 4.90 Å². The molecule has 0 aliphatic carbocycles. The van der Waals surface area contributed by atoms with E-state index < -0.39 is 16.1 Å². The van der Waals surface area contributed by atoms with Gasteiger partial charge in [-0.25, -0.2) is 13.6 Å². The van der Waals surface area contributed by atoms with E-state index in [0.29, 0.717) is 20.7 Å². The van der Waals surface area contributed by atoms with E-state index in [1.54, 1.807) is 12.1 Å². The van der Waals surface area contributed by atoms with Crippen molar-refractivity contribution in [3.05, 3.63) is 36.4 Å². The van der Waals surface area contributed by atoms with Crippen LogP contribution in [0.4, 0.5) is 8.78 Å². The molecular weight excluding hydrogens is 352 g/mol. The number of aromatic nitrogens is 2. The van der Waals surface area contributed by atoms with Crippen LogP contribution in [-0.4, -0.2) is 24.4 Å². The summed E-state index contributed by atoms with van der Waals surface area (Å²) in [6.07, 6.45) is -0.570. The molecule has 0 amide bonds. The number of nitrogens with zero attached hydrogens (tertiary/aromatic N) is 2. The molecule has 0 fully saturated rings. The van der Waals surface area contributed by atoms with Crippen molar-refractivity contribution >= 4 is 33.1 Å². The third kappa shape index (κ3) is 4.83. The van der Waals surface area contributed by atoms with Crippen LogP contribution < -0.4 is 5.14 Å². The monoisotopic (exact) mass is 363 g/mol. The Kier molecular flexibility index (Phi) is 5.62. The van der Waals surface area contributed by atoms with Crippen LogP contribution in [0.25, 0.3) is 10.6 Å². The fourth-order valence-corrected chi connectivity index (χ4v) is 3.82. The van der Waals surface area contributed by atoms with Gasteiger partial charge in [0, 0.05) is 11.3 Å². The third-order valence-corrected chi connectivity index (χ3v) is 5.55. The first kappa shape index (κ1) is 17.0. The second-order valence-corrected chi connectivity index (χ2v) is 7.95. The molecule has 0 spiro atoms. The summed E-state index contributed by atoms with van der Waals surface area (Å²) < 4.78 is 46.8. The van der Waals surface area contributed by atoms with E-state index in [0.717, 1.165) is 6.08 Å². The Bertz CT molecular complexity index is 769. The van der Waals surface area contributed by atoms with E-state index in [4.69, 9.17) is 5.14 Å². The zero-order valence-electron chi connectivity index (χ0n) is 11.1. The normalized spacial score (nSPS) is 11.4. The Hall–Kier alpha value is -1.36. The Morgan fingerprint density at radius 1 is 1.27 bits per heavy atom. The minimum atomic E-state index is -3.72. The van der Waals surface area contributed by atoms with Crippen molar-refractivity contribution in [2.45, 2.75) is 15.7 Å². The maximum Gasteiger partial charge on any atom is 0.266 e. The summed E-state index contributed by atoms with van der Waals surface area (Å²) in [4.78, 5) is 0.0235. The van der Waals surface area contributed by atoms with Crippen molar-refractivity contribution in [3.63, 3.8) is 0 Å². The lowest BCUT2D eigenvalue weighted by Crippen LogP contribution is -2.11. The van der Waals surface area contributed by atoms with Gasteiger partial charge in [-0.2, -0.15) is 8.78 Å². The van der Waals surface area contributed by atoms with E-state index in [2.05, 4.69) is 10.2 Å². The van der Waals surface area contributed by atoms with Crippen molar-refractivity contribution in [2.24, 2.45) is 5.14 Å². The average molecular weight is 363 g/mol. The quantitative estimate of drug-likeness (QED) is 0.629. The van der Waals surface area contributed by atoms with Crippen molar-refractivity contribution in [3.8, 4) is 10.6 Å². The summed E-state index contributed by atoms with van der Waals surface area (Å²) in [5.41, 5.74) is 0.714. The minimum absolute atomic E-state index is 0.0235. The lowest BCUT2D eigenvalue weighted by atomic mass is 10.2. The second-order valence-electron chi connectivity index (χ2n) is 4.07. The number of thioether (sulfide) groups is 1. The first-order valence-electron chi connectivity index (χ1n) is 5.97. The zero-order valence-corrected chi connectivity index (χ0v) is 13.5. The molecule has 0 bridgehead atoms. The molecule has 0 aliphatic rings. The highest BCUT2D eigenvalue weighted by atomic mass is 32.2. The average Bonchev–Trinajstić information content (AvgIpc) is 2.91. The van der Waals surface area contributed by atoms with Crippen LogP contribution >= 0.6 is 23.1 Å². The Balaban J connectivity index is 2.03. The predicted octanol–water partition coefficient (Wildman–Crippen LogP) is 3.12. The van der Waals surface area contributed by atoms with Crippen LogP contribution in [0.2, 0.25) is 0 Å². The fourth-order valence-electron chi connectivity index (χ4n) is 1.49. The van der Waals surface area contributed by atoms with Crippen LogP contribution in [0.15, 0.2) is 45.7 Å². The molecule has 0 atom stereocenters. The minimum Gasteiger partial charge on any atom is -0.225 e. The van der Waals surface area contributed by atoms with Crippen LogP contribution in [0.1, 0.15) is 6.42 Å². The molecule has 0 saturated carbocycles. The Labute approximate surface area is 134 Å². The van der Waals surface area contributed by atoms with Gasteiger partial charge >= 0.3 is 0 Å². The van der Waals surface area contributed by atoms with E-state index in [-0.39, 0.29) is 11.3 Å². The predicted molar refractivity (Wildman–Crippen MR) is 82.4 cm³/mol. The van der Waals surface area contributed by atoms with Crippen molar-refractivity contribution < 1.29 is 17.2 Å². The van der Waals surface area contributed by atoms with Gasteiger partial charge in [-0.1, -0.05) is 35.2 Å². The molecule has 0 saturated heterocycles. The van der Waals surface area contributed by atoms with Crippen molar-refractivity contribution in [1.29, 1.82) is 0 Å². The number of sulfonamides is 1. The number of nitrogens with two attached hydrogens (primary N) is 1. The molecule has 2 N–H and O–H groups in total. The Morgan fingerprint density at radius 3 is 2.55 bits per heavy atom. The number of benzene rings is 1. The highest BCUT2D eigenvalue weighted by Gasteiger charge is 2.10. The van der Waals surface area contributed by atoms with Gasteiger partial charge < -0.3 is 0 Å². The fraction of sp³-hybridized carbons (Fsp3) is 0.167. The number of hydrogen-bond donors (Lipinski definition) is 1. The number of rotatable bonds is 6. The number of allylic oxidation sites excluding steroid dienone is 1. The van der Waals surface area contributed by atoms with Gasteiger partial charge in [-0.05, 0) is 24.6 Å². The molecule has 1 aromatic heterocycles. The standard InChI is InChI=1S/C12H11F2N3O2S3/c13-10(14)2-1-7-20-12-17-16-11(21-12)8-3-5-9(6-4-8)22(15,18)19/h2-6H,1,7H2,(H2,15,18,19). The summed E-state index contributed by atoms with van der Waals surface area (Å²) >= 11 is 2.65. The smallest absolute Gasteiger partial charge is 0.225 e. The number of primary sulfonamides is 1. The molecule has 22 heavy (non-hydrogen) atoms. The summed E-state index contributed by atoms with van der Waals surface area (Å²) in [7, 11) is -3.72. The van der Waals surface area contributed by atoms with Gasteiger partial charge in [-0.15, -0.1) is 10.2 Å². The molecule has 2 aromatic rings. The molecular formula is C12H11F2N3O2S3. The van der Waals surface area contributed by atoms with Crippen LogP contribution in [0, 0.1) is 0 Å². The van der Waals surface area contributed by atoms with E-state index in [1.807, 2.05) is 0 Å². The molecule has 10 heteroatoms. The van der Waals surface area contributed by atoms with Gasteiger partial charge in [0.2, 0.25) is 10.0 Å². The number of halogens is 2. The van der Waals surface area contributed by atoms with E-state index >= 15 is 0 Å². The first-order chi connectivity index (χ1) is 10.4. The molecule has 1 aromatic carbocycles. The van der Waals surface area contributed by atoms with Gasteiger partial charge in [-0.3, -0.25) is 0 Å². The second kappa shape index (κ2) is 7.27. The molecule has 0 unspecified atom stereocenters. The van der Waals surface area contributed by atoms with Crippen LogP contribution in [0.3, 0.4) is 0 Å². The summed E-state index contributed by atoms with van der Waals surface area (Å²) in [6.45, 7) is 0.